The summed E-state index contributed by atoms with van der Waals surface area (Å²) >= 11 is 0. The van der Waals surface area contributed by atoms with Gasteiger partial charge in [-0.25, -0.2) is 13.4 Å². The number of anilines is 1. The molecule has 0 aliphatic carbocycles. The Hall–Kier alpha value is -1.71. The third-order valence-electron chi connectivity index (χ3n) is 6.21. The molecule has 180 valence electrons. The molecule has 8 nitrogen and oxygen atoms in total. The highest BCUT2D eigenvalue weighted by molar-refractivity contribution is 7.89. The number of aromatic nitrogens is 1. The zero-order chi connectivity index (χ0) is 23.6. The Morgan fingerprint density at radius 1 is 1.06 bits per heavy atom. The van der Waals surface area contributed by atoms with E-state index in [1.54, 1.807) is 12.1 Å². The van der Waals surface area contributed by atoms with Crippen LogP contribution >= 0.6 is 0 Å². The first kappa shape index (κ1) is 24.9. The Labute approximate surface area is 193 Å². The maximum atomic E-state index is 13.0. The van der Waals surface area contributed by atoms with Gasteiger partial charge in [-0.1, -0.05) is 0 Å². The molecule has 0 bridgehead atoms. The van der Waals surface area contributed by atoms with Gasteiger partial charge in [-0.05, 0) is 66.5 Å². The number of pyridine rings is 1. The molecule has 2 atom stereocenters. The van der Waals surface area contributed by atoms with Gasteiger partial charge in [0.15, 0.2) is 0 Å². The minimum Gasteiger partial charge on any atom is -0.372 e. The van der Waals surface area contributed by atoms with E-state index in [0.29, 0.717) is 13.1 Å². The second kappa shape index (κ2) is 10.1. The normalized spacial score (nSPS) is 23.4. The number of rotatable bonds is 6. The van der Waals surface area contributed by atoms with Crippen LogP contribution in [-0.4, -0.2) is 79.0 Å². The highest BCUT2D eigenvalue weighted by Crippen LogP contribution is 2.27. The summed E-state index contributed by atoms with van der Waals surface area (Å²) in [5.74, 6) is 1.00. The van der Waals surface area contributed by atoms with Crippen molar-refractivity contribution in [1.29, 1.82) is 0 Å². The third kappa shape index (κ3) is 5.43. The first-order valence-corrected chi connectivity index (χ1v) is 13.1. The van der Waals surface area contributed by atoms with E-state index in [9.17, 15) is 13.2 Å². The van der Waals surface area contributed by atoms with Gasteiger partial charge in [0.2, 0.25) is 15.9 Å². The van der Waals surface area contributed by atoms with E-state index in [2.05, 4.69) is 9.88 Å². The van der Waals surface area contributed by atoms with Crippen molar-refractivity contribution in [3.63, 3.8) is 0 Å². The number of nitrogens with zero attached hydrogens (tertiary/aromatic N) is 4. The van der Waals surface area contributed by atoms with Crippen LogP contribution in [0.25, 0.3) is 0 Å². The fourth-order valence-electron chi connectivity index (χ4n) is 4.96. The van der Waals surface area contributed by atoms with Crippen molar-refractivity contribution in [2.75, 3.05) is 31.1 Å². The topological polar surface area (TPSA) is 83.1 Å². The van der Waals surface area contributed by atoms with Crippen LogP contribution < -0.4 is 4.90 Å². The van der Waals surface area contributed by atoms with Crippen LogP contribution in [0.15, 0.2) is 23.2 Å². The molecule has 3 heterocycles. The van der Waals surface area contributed by atoms with Crippen molar-refractivity contribution in [1.82, 2.24) is 14.2 Å². The van der Waals surface area contributed by atoms with E-state index in [-0.39, 0.29) is 41.0 Å². The van der Waals surface area contributed by atoms with Gasteiger partial charge in [-0.3, -0.25) is 4.79 Å². The maximum Gasteiger partial charge on any atom is 0.245 e. The number of morpholine rings is 1. The van der Waals surface area contributed by atoms with E-state index in [1.165, 1.54) is 10.5 Å². The summed E-state index contributed by atoms with van der Waals surface area (Å²) < 4.78 is 33.3. The number of carbonyl (C=O) groups is 1. The molecule has 32 heavy (non-hydrogen) atoms. The Bertz CT molecular complexity index is 862. The molecule has 2 aliphatic heterocycles. The van der Waals surface area contributed by atoms with Crippen molar-refractivity contribution in [3.05, 3.63) is 18.3 Å². The molecule has 2 saturated heterocycles. The second-order valence-corrected chi connectivity index (χ2v) is 11.5. The highest BCUT2D eigenvalue weighted by atomic mass is 32.2. The van der Waals surface area contributed by atoms with E-state index in [0.717, 1.165) is 31.7 Å². The quantitative estimate of drug-likeness (QED) is 0.641. The number of hydrogen-bond donors (Lipinski definition) is 0. The van der Waals surface area contributed by atoms with Gasteiger partial charge in [0, 0.05) is 50.4 Å². The molecule has 0 aromatic carbocycles. The largest absolute Gasteiger partial charge is 0.372 e. The second-order valence-electron chi connectivity index (χ2n) is 9.64. The van der Waals surface area contributed by atoms with E-state index >= 15 is 0 Å². The van der Waals surface area contributed by atoms with Crippen molar-refractivity contribution >= 4 is 21.7 Å². The first-order valence-electron chi connectivity index (χ1n) is 11.7. The Morgan fingerprint density at radius 3 is 2.09 bits per heavy atom. The number of piperidine rings is 1. The van der Waals surface area contributed by atoms with Gasteiger partial charge in [0.25, 0.3) is 0 Å². The molecule has 2 unspecified atom stereocenters. The lowest BCUT2D eigenvalue weighted by Gasteiger charge is -2.39. The molecule has 0 N–H and O–H groups in total. The lowest BCUT2D eigenvalue weighted by atomic mass is 9.94. The molecule has 2 fully saturated rings. The highest BCUT2D eigenvalue weighted by Gasteiger charge is 2.33. The van der Waals surface area contributed by atoms with Crippen LogP contribution in [0.2, 0.25) is 0 Å². The molecule has 0 radical (unpaired) electrons. The van der Waals surface area contributed by atoms with Crippen LogP contribution in [0.3, 0.4) is 0 Å². The number of sulfonamides is 1. The molecule has 0 spiro atoms. The summed E-state index contributed by atoms with van der Waals surface area (Å²) in [5.41, 5.74) is 0. The van der Waals surface area contributed by atoms with Crippen LogP contribution in [-0.2, 0) is 19.6 Å². The van der Waals surface area contributed by atoms with Crippen LogP contribution in [0.5, 0.6) is 0 Å². The predicted molar refractivity (Wildman–Crippen MR) is 125 cm³/mol. The minimum absolute atomic E-state index is 0.0223. The van der Waals surface area contributed by atoms with E-state index in [1.807, 2.05) is 46.4 Å². The predicted octanol–water partition coefficient (Wildman–Crippen LogP) is 2.74. The standard InChI is InChI=1S/C23H38N4O4S/c1-16(2)27(17(3)4)32(29,30)21-7-8-22(24-13-21)25-11-9-20(10-12-25)23(28)26-14-18(5)31-19(6)15-26/h7-8,13,16-20H,9-12,14-15H2,1-6H3. The van der Waals surface area contributed by atoms with Crippen LogP contribution in [0.4, 0.5) is 5.82 Å². The third-order valence-corrected chi connectivity index (χ3v) is 8.45. The summed E-state index contributed by atoms with van der Waals surface area (Å²) in [5, 5.41) is 0. The smallest absolute Gasteiger partial charge is 0.245 e. The van der Waals surface area contributed by atoms with Crippen molar-refractivity contribution in [2.24, 2.45) is 5.92 Å². The summed E-state index contributed by atoms with van der Waals surface area (Å²) in [4.78, 5) is 21.7. The van der Waals surface area contributed by atoms with Gasteiger partial charge in [-0.15, -0.1) is 0 Å². The number of amides is 1. The molecule has 1 aromatic rings. The lowest BCUT2D eigenvalue weighted by Crippen LogP contribution is -2.51. The molecule has 1 amide bonds. The van der Waals surface area contributed by atoms with E-state index in [4.69, 9.17) is 4.74 Å². The van der Waals surface area contributed by atoms with Crippen LogP contribution in [0.1, 0.15) is 54.4 Å². The summed E-state index contributed by atoms with van der Waals surface area (Å²) in [6.45, 7) is 14.3. The van der Waals surface area contributed by atoms with Gasteiger partial charge in [0.05, 0.1) is 12.2 Å². The Balaban J connectivity index is 1.62. The monoisotopic (exact) mass is 466 g/mol. The van der Waals surface area contributed by atoms with E-state index < -0.39 is 10.0 Å². The lowest BCUT2D eigenvalue weighted by molar-refractivity contribution is -0.148. The average Bonchev–Trinajstić information content (AvgIpc) is 2.72. The average molecular weight is 467 g/mol. The van der Waals surface area contributed by atoms with Crippen molar-refractivity contribution in [3.8, 4) is 0 Å². The molecule has 2 aliphatic rings. The fraction of sp³-hybridized carbons (Fsp3) is 0.739. The summed E-state index contributed by atoms with van der Waals surface area (Å²) in [6.07, 6.45) is 3.15. The number of ether oxygens (including phenoxy) is 1. The molecular formula is C23H38N4O4S. The summed E-state index contributed by atoms with van der Waals surface area (Å²) in [6, 6.07) is 3.16. The molecule has 0 saturated carbocycles. The molecule has 9 heteroatoms. The summed E-state index contributed by atoms with van der Waals surface area (Å²) in [7, 11) is -3.60. The van der Waals surface area contributed by atoms with Gasteiger partial charge in [-0.2, -0.15) is 4.31 Å². The molecular weight excluding hydrogens is 428 g/mol. The molecule has 1 aromatic heterocycles. The zero-order valence-corrected chi connectivity index (χ0v) is 21.0. The zero-order valence-electron chi connectivity index (χ0n) is 20.2. The Morgan fingerprint density at radius 2 is 1.62 bits per heavy atom. The SMILES string of the molecule is CC1CN(C(=O)C2CCN(c3ccc(S(=O)(=O)N(C(C)C)C(C)C)cn3)CC2)CC(C)O1. The van der Waals surface area contributed by atoms with Crippen molar-refractivity contribution < 1.29 is 17.9 Å². The molecule has 3 rings (SSSR count). The number of carbonyl (C=O) groups excluding carboxylic acids is 1. The van der Waals surface area contributed by atoms with Gasteiger partial charge in [0.1, 0.15) is 10.7 Å². The van der Waals surface area contributed by atoms with Crippen molar-refractivity contribution in [2.45, 2.75) is 83.6 Å². The van der Waals surface area contributed by atoms with Gasteiger partial charge < -0.3 is 14.5 Å². The fourth-order valence-corrected chi connectivity index (χ4v) is 6.74. The maximum absolute atomic E-state index is 13.0. The number of hydrogen-bond acceptors (Lipinski definition) is 6. The minimum atomic E-state index is -3.60. The first-order chi connectivity index (χ1) is 15.0. The Kier molecular flexibility index (Phi) is 7.83. The van der Waals surface area contributed by atoms with Crippen LogP contribution in [0, 0.1) is 5.92 Å². The van der Waals surface area contributed by atoms with Gasteiger partial charge >= 0.3 is 0 Å².